The highest BCUT2D eigenvalue weighted by molar-refractivity contribution is 5.94. The number of imidazole rings is 1. The van der Waals surface area contributed by atoms with Gasteiger partial charge in [0.2, 0.25) is 5.95 Å². The fourth-order valence-corrected chi connectivity index (χ4v) is 3.58. The van der Waals surface area contributed by atoms with Crippen molar-refractivity contribution >= 4 is 34.8 Å². The van der Waals surface area contributed by atoms with Crippen molar-refractivity contribution in [1.29, 1.82) is 0 Å². The molecule has 5 N–H and O–H groups in total. The Bertz CT molecular complexity index is 1630. The Labute approximate surface area is 236 Å². The molecule has 0 saturated heterocycles. The molecule has 228 valence electrons. The monoisotopic (exact) mass is 614 g/mol. The van der Waals surface area contributed by atoms with Crippen LogP contribution in [0.25, 0.3) is 22.4 Å². The van der Waals surface area contributed by atoms with Gasteiger partial charge >= 0.3 is 24.3 Å². The summed E-state index contributed by atoms with van der Waals surface area (Å²) in [4.78, 5) is 50.1. The first kappa shape index (κ1) is 32.2. The van der Waals surface area contributed by atoms with Crippen molar-refractivity contribution in [2.24, 2.45) is 0 Å². The van der Waals surface area contributed by atoms with Crippen molar-refractivity contribution in [3.05, 3.63) is 59.7 Å². The maximum atomic E-state index is 11.7. The number of nitrogens with one attached hydrogen (secondary N) is 1. The van der Waals surface area contributed by atoms with Crippen LogP contribution < -0.4 is 10.5 Å². The molecule has 1 aliphatic rings. The second-order valence-electron chi connectivity index (χ2n) is 8.71. The SMILES string of the molecule is CC(=O)c1ccc2c(c1)CC(c1nc3ncc(-c4ccnc(N)n4)cc3[nH]1)CO2.O=C(O)C(F)(F)F.O=C(O)C(F)(F)F. The molecule has 0 fully saturated rings. The number of halogens is 6. The topological polar surface area (TPSA) is 194 Å². The molecule has 5 rings (SSSR count). The molecule has 43 heavy (non-hydrogen) atoms. The Hall–Kier alpha value is -5.29. The number of aromatic nitrogens is 5. The number of aromatic amines is 1. The summed E-state index contributed by atoms with van der Waals surface area (Å²) >= 11 is 0. The molecule has 0 spiro atoms. The molecule has 0 bridgehead atoms. The van der Waals surface area contributed by atoms with Crippen LogP contribution in [0, 0.1) is 0 Å². The van der Waals surface area contributed by atoms with E-state index < -0.39 is 24.3 Å². The van der Waals surface area contributed by atoms with E-state index in [0.29, 0.717) is 23.5 Å². The summed E-state index contributed by atoms with van der Waals surface area (Å²) in [5.74, 6) is -3.57. The standard InChI is InChI=1S/C21H18N6O2.2C2HF3O2/c1-11(28)12-2-3-18-13(6-12)7-15(10-29-18)19-25-17-8-14(9-24-20(17)27-19)16-4-5-23-21(22)26-16;2*3-2(4,5)1(6)7/h2-6,8-9,15H,7,10H2,1H3,(H2,22,23,26)(H,24,25,27);2*(H,6,7). The number of hydrogen-bond acceptors (Lipinski definition) is 9. The fourth-order valence-electron chi connectivity index (χ4n) is 3.58. The van der Waals surface area contributed by atoms with Gasteiger partial charge in [0.15, 0.2) is 11.4 Å². The van der Waals surface area contributed by atoms with Crippen LogP contribution in [-0.2, 0) is 16.0 Å². The van der Waals surface area contributed by atoms with Gasteiger partial charge in [-0.1, -0.05) is 0 Å². The average Bonchev–Trinajstić information content (AvgIpc) is 3.35. The highest BCUT2D eigenvalue weighted by Crippen LogP contribution is 2.33. The summed E-state index contributed by atoms with van der Waals surface area (Å²) in [6.45, 7) is 2.08. The molecular formula is C25H20F6N6O6. The van der Waals surface area contributed by atoms with Gasteiger partial charge in [-0.05, 0) is 49.2 Å². The second kappa shape index (κ2) is 12.7. The zero-order chi connectivity index (χ0) is 32.1. The number of nitrogens with two attached hydrogens (primary N) is 1. The number of carboxylic acid groups (broad SMARTS) is 2. The van der Waals surface area contributed by atoms with Gasteiger partial charge in [0.1, 0.15) is 11.6 Å². The number of aliphatic carboxylic acids is 2. The Morgan fingerprint density at radius 3 is 2.16 bits per heavy atom. The zero-order valence-corrected chi connectivity index (χ0v) is 21.7. The number of Topliss-reactive ketones (excluding diaryl/α,β-unsaturated/α-hetero) is 1. The van der Waals surface area contributed by atoms with E-state index in [1.54, 1.807) is 31.5 Å². The number of fused-ring (bicyclic) bond motifs is 2. The second-order valence-corrected chi connectivity index (χ2v) is 8.71. The number of H-pyrrole nitrogens is 1. The minimum absolute atomic E-state index is 0.0424. The van der Waals surface area contributed by atoms with Crippen LogP contribution in [0.3, 0.4) is 0 Å². The molecule has 3 aromatic heterocycles. The molecule has 1 unspecified atom stereocenters. The van der Waals surface area contributed by atoms with Gasteiger partial charge < -0.3 is 25.7 Å². The third-order valence-electron chi connectivity index (χ3n) is 5.57. The van der Waals surface area contributed by atoms with E-state index >= 15 is 0 Å². The van der Waals surface area contributed by atoms with Gasteiger partial charge in [-0.2, -0.15) is 26.3 Å². The summed E-state index contributed by atoms with van der Waals surface area (Å²) < 4.78 is 69.4. The minimum Gasteiger partial charge on any atom is -0.493 e. The molecule has 12 nitrogen and oxygen atoms in total. The first-order valence-electron chi connectivity index (χ1n) is 11.8. The largest absolute Gasteiger partial charge is 0.493 e. The number of benzene rings is 1. The number of nitrogen functional groups attached to an aromatic ring is 1. The summed E-state index contributed by atoms with van der Waals surface area (Å²) in [6.07, 6.45) is -6.08. The number of alkyl halides is 6. The van der Waals surface area contributed by atoms with E-state index in [0.717, 1.165) is 34.6 Å². The third kappa shape index (κ3) is 8.60. The quantitative estimate of drug-likeness (QED) is 0.191. The Kier molecular flexibility index (Phi) is 9.52. The first-order chi connectivity index (χ1) is 20.0. The lowest BCUT2D eigenvalue weighted by atomic mass is 9.94. The molecule has 1 atom stereocenters. The lowest BCUT2D eigenvalue weighted by molar-refractivity contribution is -0.193. The number of anilines is 1. The van der Waals surface area contributed by atoms with Crippen molar-refractivity contribution in [2.75, 3.05) is 12.3 Å². The van der Waals surface area contributed by atoms with Crippen LogP contribution in [0.1, 0.15) is 34.6 Å². The highest BCUT2D eigenvalue weighted by Gasteiger charge is 2.38. The third-order valence-corrected chi connectivity index (χ3v) is 5.57. The summed E-state index contributed by atoms with van der Waals surface area (Å²) in [7, 11) is 0. The van der Waals surface area contributed by atoms with Crippen LogP contribution in [0.4, 0.5) is 32.3 Å². The number of ether oxygens (including phenoxy) is 1. The van der Waals surface area contributed by atoms with E-state index in [1.807, 2.05) is 18.2 Å². The molecule has 1 aliphatic heterocycles. The van der Waals surface area contributed by atoms with Gasteiger partial charge in [-0.15, -0.1) is 0 Å². The van der Waals surface area contributed by atoms with Crippen LogP contribution in [0.15, 0.2) is 42.7 Å². The maximum Gasteiger partial charge on any atom is 0.490 e. The van der Waals surface area contributed by atoms with Crippen LogP contribution >= 0.6 is 0 Å². The van der Waals surface area contributed by atoms with Crippen LogP contribution in [0.5, 0.6) is 5.75 Å². The number of carbonyl (C=O) groups is 3. The highest BCUT2D eigenvalue weighted by atomic mass is 19.4. The summed E-state index contributed by atoms with van der Waals surface area (Å²) in [5, 5.41) is 14.2. The number of ketones is 1. The van der Waals surface area contributed by atoms with E-state index in [-0.39, 0.29) is 17.6 Å². The molecule has 4 heterocycles. The number of nitrogens with zero attached hydrogens (tertiary/aromatic N) is 4. The number of rotatable bonds is 3. The number of carboxylic acids is 2. The molecule has 0 radical (unpaired) electrons. The molecular weight excluding hydrogens is 594 g/mol. The van der Waals surface area contributed by atoms with Crippen LogP contribution in [-0.4, -0.2) is 71.8 Å². The zero-order valence-electron chi connectivity index (χ0n) is 21.7. The molecule has 0 saturated carbocycles. The molecule has 4 aromatic rings. The first-order valence-corrected chi connectivity index (χ1v) is 11.8. The van der Waals surface area contributed by atoms with E-state index in [2.05, 4.69) is 24.9 Å². The molecule has 0 aliphatic carbocycles. The number of hydrogen-bond donors (Lipinski definition) is 4. The lowest BCUT2D eigenvalue weighted by Gasteiger charge is -2.24. The number of carbonyl (C=O) groups excluding carboxylic acids is 1. The summed E-state index contributed by atoms with van der Waals surface area (Å²) in [6, 6.07) is 9.31. The Morgan fingerprint density at radius 1 is 0.977 bits per heavy atom. The van der Waals surface area contributed by atoms with Gasteiger partial charge in [0.25, 0.3) is 0 Å². The predicted octanol–water partition coefficient (Wildman–Crippen LogP) is 4.19. The van der Waals surface area contributed by atoms with Crippen molar-refractivity contribution in [2.45, 2.75) is 31.6 Å². The minimum atomic E-state index is -5.08. The van der Waals surface area contributed by atoms with Gasteiger partial charge in [-0.3, -0.25) is 4.79 Å². The van der Waals surface area contributed by atoms with Crippen molar-refractivity contribution < 1.29 is 55.7 Å². The van der Waals surface area contributed by atoms with Gasteiger partial charge in [0.05, 0.1) is 23.7 Å². The molecule has 1 aromatic carbocycles. The van der Waals surface area contributed by atoms with Crippen molar-refractivity contribution in [1.82, 2.24) is 24.9 Å². The number of pyridine rings is 1. The predicted molar refractivity (Wildman–Crippen MR) is 135 cm³/mol. The van der Waals surface area contributed by atoms with Crippen molar-refractivity contribution in [3.8, 4) is 17.0 Å². The van der Waals surface area contributed by atoms with Crippen molar-refractivity contribution in [3.63, 3.8) is 0 Å². The Morgan fingerprint density at radius 2 is 1.60 bits per heavy atom. The normalized spacial score (nSPS) is 14.3. The van der Waals surface area contributed by atoms with Gasteiger partial charge in [0, 0.05) is 23.5 Å². The molecule has 18 heteroatoms. The molecule has 0 amide bonds. The maximum absolute atomic E-state index is 11.7. The average molecular weight is 614 g/mol. The lowest BCUT2D eigenvalue weighted by Crippen LogP contribution is -2.21. The van der Waals surface area contributed by atoms with E-state index in [4.69, 9.17) is 30.3 Å². The fraction of sp³-hybridized carbons (Fsp3) is 0.240. The van der Waals surface area contributed by atoms with Crippen LogP contribution in [0.2, 0.25) is 0 Å². The van der Waals surface area contributed by atoms with Gasteiger partial charge in [-0.25, -0.2) is 29.5 Å². The summed E-state index contributed by atoms with van der Waals surface area (Å²) in [5.41, 5.74) is 10.4. The Balaban J connectivity index is 0.000000303. The van der Waals surface area contributed by atoms with E-state index in [9.17, 15) is 31.1 Å². The smallest absolute Gasteiger partial charge is 0.490 e. The van der Waals surface area contributed by atoms with E-state index in [1.165, 1.54) is 0 Å².